The minimum Gasteiger partial charge on any atom is -0.497 e. The summed E-state index contributed by atoms with van der Waals surface area (Å²) in [5, 5.41) is 2.91. The number of rotatable bonds is 15. The summed E-state index contributed by atoms with van der Waals surface area (Å²) in [5.74, 6) is -0.894. The minimum atomic E-state index is -4.25. The number of ether oxygens (including phenoxy) is 1. The average molecular weight is 584 g/mol. The molecule has 0 saturated heterocycles. The fourth-order valence-electron chi connectivity index (χ4n) is 4.41. The first-order valence-corrected chi connectivity index (χ1v) is 15.2. The van der Waals surface area contributed by atoms with Gasteiger partial charge in [-0.2, -0.15) is 0 Å². The van der Waals surface area contributed by atoms with Gasteiger partial charge >= 0.3 is 0 Å². The highest BCUT2D eigenvalue weighted by molar-refractivity contribution is 7.92. The zero-order valence-corrected chi connectivity index (χ0v) is 24.6. The molecule has 0 aromatic heterocycles. The molecule has 3 aromatic rings. The lowest BCUT2D eigenvalue weighted by Crippen LogP contribution is -2.53. The predicted octanol–water partition coefficient (Wildman–Crippen LogP) is 4.80. The average Bonchev–Trinajstić information content (AvgIpc) is 2.99. The number of anilines is 1. The molecule has 10 heteroatoms. The van der Waals surface area contributed by atoms with Crippen molar-refractivity contribution in [2.75, 3.05) is 31.0 Å². The highest BCUT2D eigenvalue weighted by Gasteiger charge is 2.33. The van der Waals surface area contributed by atoms with Gasteiger partial charge in [-0.25, -0.2) is 12.8 Å². The van der Waals surface area contributed by atoms with E-state index in [9.17, 15) is 22.4 Å². The van der Waals surface area contributed by atoms with E-state index in [4.69, 9.17) is 4.74 Å². The Morgan fingerprint density at radius 1 is 0.951 bits per heavy atom. The van der Waals surface area contributed by atoms with Crippen molar-refractivity contribution in [3.63, 3.8) is 0 Å². The zero-order chi connectivity index (χ0) is 29.8. The third-order valence-electron chi connectivity index (χ3n) is 6.74. The van der Waals surface area contributed by atoms with Gasteiger partial charge in [-0.3, -0.25) is 13.9 Å². The van der Waals surface area contributed by atoms with E-state index in [1.807, 2.05) is 44.2 Å². The molecular formula is C31H38FN3O5S. The molecule has 220 valence electrons. The molecular weight excluding hydrogens is 545 g/mol. The van der Waals surface area contributed by atoms with Crippen LogP contribution in [0.1, 0.15) is 38.7 Å². The van der Waals surface area contributed by atoms with Crippen LogP contribution >= 0.6 is 0 Å². The Hall–Kier alpha value is -3.92. The fraction of sp³-hybridized carbons (Fsp3) is 0.355. The summed E-state index contributed by atoms with van der Waals surface area (Å²) < 4.78 is 47.6. The smallest absolute Gasteiger partial charge is 0.264 e. The van der Waals surface area contributed by atoms with E-state index in [0.717, 1.165) is 34.8 Å². The second-order valence-corrected chi connectivity index (χ2v) is 11.4. The molecule has 0 aliphatic carbocycles. The van der Waals surface area contributed by atoms with E-state index in [2.05, 4.69) is 5.32 Å². The van der Waals surface area contributed by atoms with Gasteiger partial charge in [0.05, 0.1) is 17.7 Å². The van der Waals surface area contributed by atoms with Crippen LogP contribution in [-0.4, -0.2) is 57.9 Å². The van der Waals surface area contributed by atoms with Gasteiger partial charge in [0.25, 0.3) is 10.0 Å². The summed E-state index contributed by atoms with van der Waals surface area (Å²) in [7, 11) is -2.78. The van der Waals surface area contributed by atoms with E-state index in [0.29, 0.717) is 25.1 Å². The molecule has 0 heterocycles. The number of nitrogens with zero attached hydrogens (tertiary/aromatic N) is 2. The second-order valence-electron chi connectivity index (χ2n) is 9.55. The molecule has 0 fully saturated rings. The quantitative estimate of drug-likeness (QED) is 0.260. The number of carbonyl (C=O) groups excluding carboxylic acids is 2. The van der Waals surface area contributed by atoms with Crippen molar-refractivity contribution in [2.45, 2.75) is 50.5 Å². The molecule has 41 heavy (non-hydrogen) atoms. The SMILES string of the molecule is CCCCNC(=O)[C@H](CC)N(CCc1ccccc1)C(=O)CN(c1ccc(F)cc1)S(=O)(=O)c1ccc(OC)cc1. The Morgan fingerprint density at radius 2 is 1.61 bits per heavy atom. The lowest BCUT2D eigenvalue weighted by molar-refractivity contribution is -0.139. The van der Waals surface area contributed by atoms with Gasteiger partial charge < -0.3 is 15.0 Å². The Balaban J connectivity index is 1.98. The van der Waals surface area contributed by atoms with Crippen molar-refractivity contribution in [2.24, 2.45) is 0 Å². The molecule has 0 radical (unpaired) electrons. The first-order valence-electron chi connectivity index (χ1n) is 13.7. The van der Waals surface area contributed by atoms with Crippen LogP contribution in [0, 0.1) is 5.82 Å². The van der Waals surface area contributed by atoms with Crippen LogP contribution in [0.25, 0.3) is 0 Å². The van der Waals surface area contributed by atoms with Crippen molar-refractivity contribution in [1.29, 1.82) is 0 Å². The third-order valence-corrected chi connectivity index (χ3v) is 8.53. The maximum Gasteiger partial charge on any atom is 0.264 e. The number of amides is 2. The lowest BCUT2D eigenvalue weighted by atomic mass is 10.1. The second kappa shape index (κ2) is 15.2. The molecule has 1 atom stereocenters. The van der Waals surface area contributed by atoms with Crippen LogP contribution in [0.15, 0.2) is 83.8 Å². The summed E-state index contributed by atoms with van der Waals surface area (Å²) >= 11 is 0. The molecule has 0 bridgehead atoms. The zero-order valence-electron chi connectivity index (χ0n) is 23.8. The van der Waals surface area contributed by atoms with Crippen LogP contribution < -0.4 is 14.4 Å². The number of benzene rings is 3. The molecule has 2 amide bonds. The highest BCUT2D eigenvalue weighted by Crippen LogP contribution is 2.26. The van der Waals surface area contributed by atoms with Crippen LogP contribution in [0.5, 0.6) is 5.75 Å². The van der Waals surface area contributed by atoms with E-state index in [1.165, 1.54) is 48.4 Å². The third kappa shape index (κ3) is 8.53. The molecule has 0 unspecified atom stereocenters. The predicted molar refractivity (Wildman–Crippen MR) is 158 cm³/mol. The van der Waals surface area contributed by atoms with Crippen LogP contribution in [0.2, 0.25) is 0 Å². The summed E-state index contributed by atoms with van der Waals surface area (Å²) in [4.78, 5) is 28.6. The van der Waals surface area contributed by atoms with Gasteiger partial charge in [0.15, 0.2) is 0 Å². The van der Waals surface area contributed by atoms with Gasteiger partial charge in [0, 0.05) is 13.1 Å². The number of carbonyl (C=O) groups is 2. The van der Waals surface area contributed by atoms with Gasteiger partial charge in [-0.1, -0.05) is 50.6 Å². The summed E-state index contributed by atoms with van der Waals surface area (Å²) in [6.07, 6.45) is 2.54. The molecule has 0 spiro atoms. The molecule has 0 aliphatic heterocycles. The summed E-state index contributed by atoms with van der Waals surface area (Å²) in [6, 6.07) is 19.5. The maximum atomic E-state index is 14.0. The molecule has 3 aromatic carbocycles. The van der Waals surface area contributed by atoms with E-state index in [-0.39, 0.29) is 23.0 Å². The monoisotopic (exact) mass is 583 g/mol. The highest BCUT2D eigenvalue weighted by atomic mass is 32.2. The Kier molecular flexibility index (Phi) is 11.7. The lowest BCUT2D eigenvalue weighted by Gasteiger charge is -2.33. The summed E-state index contributed by atoms with van der Waals surface area (Å²) in [6.45, 7) is 3.96. The number of halogens is 1. The van der Waals surface area contributed by atoms with Gasteiger partial charge in [-0.15, -0.1) is 0 Å². The Morgan fingerprint density at radius 3 is 2.20 bits per heavy atom. The number of hydrogen-bond acceptors (Lipinski definition) is 5. The largest absolute Gasteiger partial charge is 0.497 e. The summed E-state index contributed by atoms with van der Waals surface area (Å²) in [5.41, 5.74) is 1.10. The van der Waals surface area contributed by atoms with Gasteiger partial charge in [-0.05, 0) is 73.4 Å². The van der Waals surface area contributed by atoms with Crippen molar-refractivity contribution in [3.05, 3.63) is 90.2 Å². The molecule has 1 N–H and O–H groups in total. The topological polar surface area (TPSA) is 96.0 Å². The van der Waals surface area contributed by atoms with E-state index >= 15 is 0 Å². The minimum absolute atomic E-state index is 0.0596. The van der Waals surface area contributed by atoms with Crippen LogP contribution in [-0.2, 0) is 26.0 Å². The number of methoxy groups -OCH3 is 1. The molecule has 0 saturated carbocycles. The van der Waals surface area contributed by atoms with Crippen molar-refractivity contribution in [3.8, 4) is 5.75 Å². The Bertz CT molecular complexity index is 1370. The van der Waals surface area contributed by atoms with Crippen molar-refractivity contribution < 1.29 is 27.1 Å². The van der Waals surface area contributed by atoms with Crippen molar-refractivity contribution >= 4 is 27.5 Å². The van der Waals surface area contributed by atoms with E-state index < -0.39 is 34.3 Å². The maximum absolute atomic E-state index is 14.0. The van der Waals surface area contributed by atoms with E-state index in [1.54, 1.807) is 0 Å². The normalized spacial score (nSPS) is 11.9. The molecule has 8 nitrogen and oxygen atoms in total. The van der Waals surface area contributed by atoms with Crippen LogP contribution in [0.3, 0.4) is 0 Å². The standard InChI is InChI=1S/C31H38FN3O5S/c1-4-6-21-33-31(37)29(5-2)34(22-20-24-10-8-7-9-11-24)30(36)23-35(26-14-12-25(32)13-15-26)41(38,39)28-18-16-27(40-3)17-19-28/h7-19,29H,4-6,20-23H2,1-3H3,(H,33,37)/t29-/m0/s1. The number of unbranched alkanes of at least 4 members (excludes halogenated alkanes) is 1. The van der Waals surface area contributed by atoms with Gasteiger partial charge in [0.1, 0.15) is 24.2 Å². The first-order chi connectivity index (χ1) is 19.7. The van der Waals surface area contributed by atoms with Crippen molar-refractivity contribution in [1.82, 2.24) is 10.2 Å². The number of sulfonamides is 1. The molecule has 0 aliphatic rings. The van der Waals surface area contributed by atoms with Gasteiger partial charge in [0.2, 0.25) is 11.8 Å². The number of hydrogen-bond donors (Lipinski definition) is 1. The fourth-order valence-corrected chi connectivity index (χ4v) is 5.83. The van der Waals surface area contributed by atoms with Crippen LogP contribution in [0.4, 0.5) is 10.1 Å². The number of nitrogens with one attached hydrogen (secondary N) is 1. The first kappa shape index (κ1) is 31.6. The molecule has 3 rings (SSSR count). The Labute approximate surface area is 242 Å².